The molecule has 2 rings (SSSR count). The van der Waals surface area contributed by atoms with E-state index in [1.165, 1.54) is 43.4 Å². The van der Waals surface area contributed by atoms with Crippen LogP contribution in [0.3, 0.4) is 0 Å². The molecule has 0 radical (unpaired) electrons. The Morgan fingerprint density at radius 1 is 1.32 bits per heavy atom. The van der Waals surface area contributed by atoms with Crippen molar-refractivity contribution in [3.63, 3.8) is 0 Å². The molecule has 1 aromatic carbocycles. The summed E-state index contributed by atoms with van der Waals surface area (Å²) >= 11 is 0. The van der Waals surface area contributed by atoms with Gasteiger partial charge in [-0.2, -0.15) is 0 Å². The van der Waals surface area contributed by atoms with Crippen molar-refractivity contribution in [2.24, 2.45) is 10.7 Å². The van der Waals surface area contributed by atoms with E-state index < -0.39 is 0 Å². The van der Waals surface area contributed by atoms with Crippen LogP contribution in [0, 0.1) is 6.92 Å². The first-order valence-corrected chi connectivity index (χ1v) is 7.38. The number of anilines is 1. The number of hydrogen-bond donors (Lipinski definition) is 1. The maximum Gasteiger partial charge on any atom is 0.196 e. The Labute approximate surface area is 116 Å². The molecule has 0 aliphatic carbocycles. The smallest absolute Gasteiger partial charge is 0.196 e. The minimum absolute atomic E-state index is 0.443. The highest BCUT2D eigenvalue weighted by Crippen LogP contribution is 2.24. The summed E-state index contributed by atoms with van der Waals surface area (Å²) in [7, 11) is 0. The van der Waals surface area contributed by atoms with Crippen molar-refractivity contribution in [2.45, 2.75) is 52.0 Å². The predicted molar refractivity (Wildman–Crippen MR) is 82.7 cm³/mol. The number of rotatable bonds is 6. The van der Waals surface area contributed by atoms with Crippen LogP contribution in [0.4, 0.5) is 5.69 Å². The number of aryl methyl sites for hydroxylation is 1. The molecule has 0 bridgehead atoms. The largest absolute Gasteiger partial charge is 0.370 e. The van der Waals surface area contributed by atoms with E-state index >= 15 is 0 Å². The minimum atomic E-state index is 0.443. The summed E-state index contributed by atoms with van der Waals surface area (Å²) in [6.45, 7) is 5.20. The molecular weight excluding hydrogens is 234 g/mol. The first-order chi connectivity index (χ1) is 9.22. The number of nitrogens with two attached hydrogens (primary N) is 1. The van der Waals surface area contributed by atoms with E-state index in [0.29, 0.717) is 12.0 Å². The molecule has 1 heterocycles. The molecule has 0 fully saturated rings. The highest BCUT2D eigenvalue weighted by Gasteiger charge is 2.26. The van der Waals surface area contributed by atoms with Gasteiger partial charge in [-0.15, -0.1) is 0 Å². The molecule has 1 unspecified atom stereocenters. The van der Waals surface area contributed by atoms with Crippen molar-refractivity contribution >= 4 is 11.6 Å². The number of hydrogen-bond acceptors (Lipinski definition) is 3. The van der Waals surface area contributed by atoms with Crippen molar-refractivity contribution in [1.29, 1.82) is 0 Å². The van der Waals surface area contributed by atoms with Gasteiger partial charge in [0.05, 0.1) is 12.6 Å². The third-order valence-electron chi connectivity index (χ3n) is 3.75. The zero-order valence-corrected chi connectivity index (χ0v) is 12.1. The fourth-order valence-corrected chi connectivity index (χ4v) is 2.69. The molecule has 0 spiro atoms. The van der Waals surface area contributed by atoms with Crippen LogP contribution in [-0.4, -0.2) is 18.5 Å². The van der Waals surface area contributed by atoms with E-state index in [0.717, 1.165) is 6.54 Å². The van der Waals surface area contributed by atoms with Gasteiger partial charge in [0, 0.05) is 5.69 Å². The average molecular weight is 259 g/mol. The van der Waals surface area contributed by atoms with Crippen LogP contribution in [0.5, 0.6) is 0 Å². The first kappa shape index (κ1) is 13.9. The lowest BCUT2D eigenvalue weighted by Gasteiger charge is -2.26. The molecule has 3 nitrogen and oxygen atoms in total. The molecule has 3 heteroatoms. The van der Waals surface area contributed by atoms with Gasteiger partial charge in [0.2, 0.25) is 0 Å². The van der Waals surface area contributed by atoms with Crippen LogP contribution in [0.15, 0.2) is 29.3 Å². The second-order valence-electron chi connectivity index (χ2n) is 5.41. The van der Waals surface area contributed by atoms with E-state index in [1.807, 2.05) is 0 Å². The van der Waals surface area contributed by atoms with Crippen LogP contribution in [0.2, 0.25) is 0 Å². The Morgan fingerprint density at radius 3 is 2.89 bits per heavy atom. The molecule has 0 saturated carbocycles. The fraction of sp³-hybridized carbons (Fsp3) is 0.562. The Bertz CT molecular complexity index is 439. The SMILES string of the molecule is CCCCCCC1CN=C(N)N1c1cccc(C)c1. The zero-order chi connectivity index (χ0) is 13.7. The minimum Gasteiger partial charge on any atom is -0.370 e. The van der Waals surface area contributed by atoms with Crippen LogP contribution in [0.1, 0.15) is 44.6 Å². The normalized spacial score (nSPS) is 18.7. The van der Waals surface area contributed by atoms with Crippen molar-refractivity contribution in [2.75, 3.05) is 11.4 Å². The van der Waals surface area contributed by atoms with Gasteiger partial charge in [0.15, 0.2) is 5.96 Å². The second-order valence-corrected chi connectivity index (χ2v) is 5.41. The quantitative estimate of drug-likeness (QED) is 0.795. The number of unbranched alkanes of at least 4 members (excludes halogenated alkanes) is 3. The summed E-state index contributed by atoms with van der Waals surface area (Å²) in [4.78, 5) is 6.63. The van der Waals surface area contributed by atoms with Gasteiger partial charge in [-0.25, -0.2) is 0 Å². The molecule has 0 amide bonds. The lowest BCUT2D eigenvalue weighted by atomic mass is 10.1. The van der Waals surface area contributed by atoms with E-state index in [4.69, 9.17) is 5.73 Å². The monoisotopic (exact) mass is 259 g/mol. The summed E-state index contributed by atoms with van der Waals surface area (Å²) in [6, 6.07) is 8.96. The number of benzene rings is 1. The van der Waals surface area contributed by atoms with E-state index in [-0.39, 0.29) is 0 Å². The summed E-state index contributed by atoms with van der Waals surface area (Å²) in [5, 5.41) is 0. The van der Waals surface area contributed by atoms with Gasteiger partial charge in [0.25, 0.3) is 0 Å². The van der Waals surface area contributed by atoms with E-state index in [1.54, 1.807) is 0 Å². The van der Waals surface area contributed by atoms with Crippen molar-refractivity contribution in [1.82, 2.24) is 0 Å². The topological polar surface area (TPSA) is 41.6 Å². The lowest BCUT2D eigenvalue weighted by Crippen LogP contribution is -2.40. The number of guanidine groups is 1. The van der Waals surface area contributed by atoms with Crippen molar-refractivity contribution < 1.29 is 0 Å². The van der Waals surface area contributed by atoms with Crippen LogP contribution < -0.4 is 10.6 Å². The number of aliphatic imine (C=N–C) groups is 1. The van der Waals surface area contributed by atoms with Crippen LogP contribution in [-0.2, 0) is 0 Å². The summed E-state index contributed by atoms with van der Waals surface area (Å²) in [6.07, 6.45) is 6.37. The molecule has 1 aliphatic heterocycles. The van der Waals surface area contributed by atoms with Gasteiger partial charge in [0.1, 0.15) is 0 Å². The van der Waals surface area contributed by atoms with E-state index in [9.17, 15) is 0 Å². The summed E-state index contributed by atoms with van der Waals surface area (Å²) < 4.78 is 0. The molecule has 104 valence electrons. The van der Waals surface area contributed by atoms with Crippen LogP contribution >= 0.6 is 0 Å². The van der Waals surface area contributed by atoms with Gasteiger partial charge < -0.3 is 10.6 Å². The molecule has 1 atom stereocenters. The van der Waals surface area contributed by atoms with Crippen molar-refractivity contribution in [3.8, 4) is 0 Å². The molecule has 2 N–H and O–H groups in total. The van der Waals surface area contributed by atoms with E-state index in [2.05, 4.69) is 48.0 Å². The number of nitrogens with zero attached hydrogens (tertiary/aromatic N) is 2. The van der Waals surface area contributed by atoms with Crippen LogP contribution in [0.25, 0.3) is 0 Å². The molecule has 1 aromatic rings. The van der Waals surface area contributed by atoms with Crippen molar-refractivity contribution in [3.05, 3.63) is 29.8 Å². The third kappa shape index (κ3) is 3.49. The van der Waals surface area contributed by atoms with Gasteiger partial charge in [-0.05, 0) is 31.0 Å². The third-order valence-corrected chi connectivity index (χ3v) is 3.75. The molecule has 0 saturated heterocycles. The van der Waals surface area contributed by atoms with Gasteiger partial charge in [-0.1, -0.05) is 44.7 Å². The Hall–Kier alpha value is -1.51. The Kier molecular flexibility index (Phi) is 4.83. The molecular formula is C16H25N3. The second kappa shape index (κ2) is 6.60. The van der Waals surface area contributed by atoms with Gasteiger partial charge >= 0.3 is 0 Å². The standard InChI is InChI=1S/C16H25N3/c1-3-4-5-6-9-15-12-18-16(17)19(15)14-10-7-8-13(2)11-14/h7-8,10-11,15H,3-6,9,12H2,1-2H3,(H2,17,18). The maximum atomic E-state index is 6.06. The Balaban J connectivity index is 2.01. The summed E-state index contributed by atoms with van der Waals surface area (Å²) in [5.41, 5.74) is 8.50. The predicted octanol–water partition coefficient (Wildman–Crippen LogP) is 3.47. The molecule has 19 heavy (non-hydrogen) atoms. The highest BCUT2D eigenvalue weighted by atomic mass is 15.3. The lowest BCUT2D eigenvalue weighted by molar-refractivity contribution is 0.565. The summed E-state index contributed by atoms with van der Waals surface area (Å²) in [5.74, 6) is 0.672. The highest BCUT2D eigenvalue weighted by molar-refractivity contribution is 5.97. The average Bonchev–Trinajstić information content (AvgIpc) is 2.76. The maximum absolute atomic E-state index is 6.06. The zero-order valence-electron chi connectivity index (χ0n) is 12.1. The molecule has 0 aromatic heterocycles. The van der Waals surface area contributed by atoms with Gasteiger partial charge in [-0.3, -0.25) is 4.99 Å². The Morgan fingerprint density at radius 2 is 2.16 bits per heavy atom. The fourth-order valence-electron chi connectivity index (χ4n) is 2.69. The first-order valence-electron chi connectivity index (χ1n) is 7.38. The molecule has 1 aliphatic rings.